The number of hydrogen-bond acceptors (Lipinski definition) is 10. The van der Waals surface area contributed by atoms with Crippen LogP contribution in [0.1, 0.15) is 26.0 Å². The average molecular weight is 645 g/mol. The fraction of sp³-hybridized carbons (Fsp3) is 0.714. The first-order chi connectivity index (χ1) is 17.1. The minimum absolute atomic E-state index is 0.0537. The van der Waals surface area contributed by atoms with Crippen LogP contribution in [-0.4, -0.2) is 120 Å². The van der Waals surface area contributed by atoms with Gasteiger partial charge in [0, 0.05) is 62.5 Å². The van der Waals surface area contributed by atoms with Crippen LogP contribution in [0.2, 0.25) is 0 Å². The number of piperazine rings is 1. The van der Waals surface area contributed by atoms with Crippen molar-refractivity contribution in [2.75, 3.05) is 55.8 Å². The number of halogens is 2. The van der Waals surface area contributed by atoms with Crippen molar-refractivity contribution in [3.8, 4) is 0 Å². The molecule has 1 aromatic rings. The number of ether oxygens (including phenoxy) is 1. The minimum atomic E-state index is -1.31. The molecule has 0 aliphatic carbocycles. The van der Waals surface area contributed by atoms with Crippen molar-refractivity contribution in [2.45, 2.75) is 44.3 Å². The lowest BCUT2D eigenvalue weighted by atomic mass is 10.1. The van der Waals surface area contributed by atoms with Gasteiger partial charge < -0.3 is 40.7 Å². The van der Waals surface area contributed by atoms with Crippen molar-refractivity contribution in [3.05, 3.63) is 22.7 Å². The van der Waals surface area contributed by atoms with Gasteiger partial charge >= 0.3 is 5.69 Å². The molecule has 2 aliphatic heterocycles. The van der Waals surface area contributed by atoms with Crippen LogP contribution in [-0.2, 0) is 14.3 Å². The van der Waals surface area contributed by atoms with E-state index in [-0.39, 0.29) is 24.2 Å². The number of alkyl halides is 2. The van der Waals surface area contributed by atoms with Crippen molar-refractivity contribution >= 4 is 49.5 Å². The van der Waals surface area contributed by atoms with Crippen LogP contribution < -0.4 is 11.4 Å². The van der Waals surface area contributed by atoms with Crippen LogP contribution >= 0.6 is 31.9 Å². The number of nitrogens with zero attached hydrogens (tertiary/aromatic N) is 4. The molecule has 0 radical (unpaired) electrons. The van der Waals surface area contributed by atoms with E-state index in [4.69, 9.17) is 20.7 Å². The van der Waals surface area contributed by atoms with Crippen molar-refractivity contribution in [2.24, 2.45) is 0 Å². The summed E-state index contributed by atoms with van der Waals surface area (Å²) in [6.45, 7) is 4.14. The minimum Gasteiger partial charge on any atom is -0.397 e. The van der Waals surface area contributed by atoms with Crippen LogP contribution in [0.15, 0.2) is 17.1 Å². The number of anilines is 1. The third-order valence-corrected chi connectivity index (χ3v) is 6.04. The molecule has 2 aliphatic rings. The normalized spacial score (nSPS) is 23.3. The fourth-order valence-corrected chi connectivity index (χ4v) is 4.09. The summed E-state index contributed by atoms with van der Waals surface area (Å²) < 4.78 is 6.19. The quantitative estimate of drug-likeness (QED) is 0.232. The van der Waals surface area contributed by atoms with E-state index in [1.165, 1.54) is 12.3 Å². The molecule has 0 unspecified atom stereocenters. The molecule has 2 saturated heterocycles. The van der Waals surface area contributed by atoms with Gasteiger partial charge in [-0.05, 0) is 13.0 Å². The van der Waals surface area contributed by atoms with Crippen LogP contribution in [0.4, 0.5) is 5.82 Å². The third-order valence-electron chi connectivity index (χ3n) is 5.24. The zero-order valence-corrected chi connectivity index (χ0v) is 23.3. The second-order valence-electron chi connectivity index (χ2n) is 7.73. The SMILES string of the molecule is CCO.Nc1ccn([C@@H]2O[C@H](CO)[C@@H](O)[C@@H]2O)c(=O)n1.O=C(CCBr)N1CCN(C(=O)CCBr)CC1. The maximum atomic E-state index is 11.6. The Morgan fingerprint density at radius 1 is 1.06 bits per heavy atom. The van der Waals surface area contributed by atoms with Crippen LogP contribution in [0.3, 0.4) is 0 Å². The molecule has 3 heterocycles. The summed E-state index contributed by atoms with van der Waals surface area (Å²) in [6, 6.07) is 1.37. The van der Waals surface area contributed by atoms with Crippen molar-refractivity contribution in [1.29, 1.82) is 0 Å². The summed E-state index contributed by atoms with van der Waals surface area (Å²) in [7, 11) is 0. The Labute approximate surface area is 226 Å². The van der Waals surface area contributed by atoms with Crippen molar-refractivity contribution in [3.63, 3.8) is 0 Å². The first-order valence-electron chi connectivity index (χ1n) is 11.4. The Morgan fingerprint density at radius 2 is 1.53 bits per heavy atom. The number of nitrogen functional groups attached to an aromatic ring is 1. The Kier molecular flexibility index (Phi) is 15.3. The molecule has 2 amide bonds. The van der Waals surface area contributed by atoms with E-state index >= 15 is 0 Å². The Bertz CT molecular complexity index is 843. The van der Waals surface area contributed by atoms with Gasteiger partial charge in [-0.2, -0.15) is 4.98 Å². The van der Waals surface area contributed by atoms with Crippen LogP contribution in [0.25, 0.3) is 0 Å². The summed E-state index contributed by atoms with van der Waals surface area (Å²) in [5.74, 6) is 0.395. The Balaban J connectivity index is 0.000000325. The fourth-order valence-electron chi connectivity index (χ4n) is 3.41. The van der Waals surface area contributed by atoms with E-state index in [1.54, 1.807) is 6.92 Å². The summed E-state index contributed by atoms with van der Waals surface area (Å²) in [5.41, 5.74) is 4.63. The molecule has 15 heteroatoms. The van der Waals surface area contributed by atoms with Gasteiger partial charge in [0.1, 0.15) is 24.1 Å². The third kappa shape index (κ3) is 9.68. The van der Waals surface area contributed by atoms with Gasteiger partial charge in [0.15, 0.2) is 6.23 Å². The first-order valence-corrected chi connectivity index (χ1v) is 13.6. The molecular weight excluding hydrogens is 610 g/mol. The second-order valence-corrected chi connectivity index (χ2v) is 9.31. The zero-order valence-electron chi connectivity index (χ0n) is 20.1. The molecule has 3 rings (SSSR count). The monoisotopic (exact) mass is 643 g/mol. The lowest BCUT2D eigenvalue weighted by Gasteiger charge is -2.34. The standard InChI is InChI=1S/C10H16Br2N2O2.C9H13N3O5.C2H6O/c11-3-1-9(15)13-5-7-14(8-6-13)10(16)2-4-12;10-5-1-2-12(9(16)11-5)8-7(15)6(14)4(3-13)17-8;1-2-3/h1-8H2;1-2,4,6-8,13-15H,3H2,(H2,10,11,16);3H,2H2,1H3/t;4-,6-,7+,8-;/m.1./s1. The number of nitrogens with two attached hydrogens (primary N) is 1. The molecule has 0 spiro atoms. The second kappa shape index (κ2) is 17.0. The molecule has 36 heavy (non-hydrogen) atoms. The highest BCUT2D eigenvalue weighted by atomic mass is 79.9. The highest BCUT2D eigenvalue weighted by Crippen LogP contribution is 2.27. The van der Waals surface area contributed by atoms with Gasteiger partial charge in [-0.25, -0.2) is 4.79 Å². The lowest BCUT2D eigenvalue weighted by Crippen LogP contribution is -2.50. The topological polar surface area (TPSA) is 192 Å². The zero-order chi connectivity index (χ0) is 27.3. The van der Waals surface area contributed by atoms with Crippen molar-refractivity contribution < 1.29 is 34.8 Å². The number of carbonyl (C=O) groups excluding carboxylic acids is 2. The predicted molar refractivity (Wildman–Crippen MR) is 139 cm³/mol. The van der Waals surface area contributed by atoms with Crippen molar-refractivity contribution in [1.82, 2.24) is 19.4 Å². The predicted octanol–water partition coefficient (Wildman–Crippen LogP) is -1.34. The van der Waals surface area contributed by atoms with Gasteiger partial charge in [0.05, 0.1) is 6.61 Å². The van der Waals surface area contributed by atoms with E-state index in [1.807, 2.05) is 9.80 Å². The molecule has 13 nitrogen and oxygen atoms in total. The smallest absolute Gasteiger partial charge is 0.351 e. The molecule has 4 atom stereocenters. The van der Waals surface area contributed by atoms with Crippen LogP contribution in [0, 0.1) is 0 Å². The summed E-state index contributed by atoms with van der Waals surface area (Å²) in [5, 5.41) is 37.1. The highest BCUT2D eigenvalue weighted by molar-refractivity contribution is 9.09. The van der Waals surface area contributed by atoms with Gasteiger partial charge in [0.2, 0.25) is 11.8 Å². The van der Waals surface area contributed by atoms with Gasteiger partial charge in [-0.3, -0.25) is 14.2 Å². The van der Waals surface area contributed by atoms with Gasteiger partial charge in [0.25, 0.3) is 0 Å². The molecule has 0 saturated carbocycles. The Hall–Kier alpha value is -1.62. The number of aromatic nitrogens is 2. The molecule has 206 valence electrons. The number of carbonyl (C=O) groups is 2. The van der Waals surface area contributed by atoms with Crippen LogP contribution in [0.5, 0.6) is 0 Å². The number of amides is 2. The summed E-state index contributed by atoms with van der Waals surface area (Å²) >= 11 is 6.51. The van der Waals surface area contributed by atoms with E-state index in [9.17, 15) is 24.6 Å². The van der Waals surface area contributed by atoms with E-state index in [0.717, 1.165) is 4.57 Å². The lowest BCUT2D eigenvalue weighted by molar-refractivity contribution is -0.139. The van der Waals surface area contributed by atoms with E-state index in [2.05, 4.69) is 36.8 Å². The summed E-state index contributed by atoms with van der Waals surface area (Å²) in [6.07, 6.45) is -2.19. The number of rotatable bonds is 6. The molecular formula is C21H35Br2N5O8. The molecule has 0 aromatic carbocycles. The van der Waals surface area contributed by atoms with Gasteiger partial charge in [-0.15, -0.1) is 0 Å². The summed E-state index contributed by atoms with van der Waals surface area (Å²) in [4.78, 5) is 41.8. The molecule has 1 aromatic heterocycles. The van der Waals surface area contributed by atoms with Gasteiger partial charge in [-0.1, -0.05) is 31.9 Å². The highest BCUT2D eigenvalue weighted by Gasteiger charge is 2.43. The largest absolute Gasteiger partial charge is 0.397 e. The maximum absolute atomic E-state index is 11.6. The first kappa shape index (κ1) is 32.4. The molecule has 2 fully saturated rings. The Morgan fingerprint density at radius 3 is 1.89 bits per heavy atom. The number of aliphatic hydroxyl groups is 4. The van der Waals surface area contributed by atoms with E-state index in [0.29, 0.717) is 49.7 Å². The molecule has 6 N–H and O–H groups in total. The maximum Gasteiger partial charge on any atom is 0.351 e. The number of hydrogen-bond donors (Lipinski definition) is 5. The number of aliphatic hydroxyl groups excluding tert-OH is 4. The average Bonchev–Trinajstić information content (AvgIpc) is 3.14. The molecule has 0 bridgehead atoms. The van der Waals surface area contributed by atoms with E-state index < -0.39 is 36.8 Å².